The molecule has 1 heterocycles. The Balaban J connectivity index is 2.41. The molecule has 1 N–H and O–H groups in total. The van der Waals surface area contributed by atoms with Crippen molar-refractivity contribution in [2.75, 3.05) is 34.4 Å². The summed E-state index contributed by atoms with van der Waals surface area (Å²) < 4.78 is 16.6. The van der Waals surface area contributed by atoms with Gasteiger partial charge in [0.15, 0.2) is 11.5 Å². The summed E-state index contributed by atoms with van der Waals surface area (Å²) in [5.41, 5.74) is 1.03. The van der Waals surface area contributed by atoms with Crippen LogP contribution in [0, 0.1) is 5.92 Å². The van der Waals surface area contributed by atoms with E-state index in [2.05, 4.69) is 11.8 Å². The molecule has 0 bridgehead atoms. The number of ether oxygens (including phenoxy) is 3. The number of nitrogens with zero attached hydrogens (tertiary/aromatic N) is 1. The topological polar surface area (TPSA) is 68.2 Å². The monoisotopic (exact) mass is 365 g/mol. The average molecular weight is 365 g/mol. The lowest BCUT2D eigenvalue weighted by molar-refractivity contribution is -0.144. The lowest BCUT2D eigenvalue weighted by Gasteiger charge is -2.38. The average Bonchev–Trinajstić information content (AvgIpc) is 2.67. The van der Waals surface area contributed by atoms with Gasteiger partial charge >= 0.3 is 5.97 Å². The summed E-state index contributed by atoms with van der Waals surface area (Å²) in [5.74, 6) is 0.873. The van der Waals surface area contributed by atoms with E-state index in [-0.39, 0.29) is 12.0 Å². The van der Waals surface area contributed by atoms with Crippen molar-refractivity contribution in [3.05, 3.63) is 17.7 Å². The van der Waals surface area contributed by atoms with E-state index in [0.717, 1.165) is 44.2 Å². The predicted molar refractivity (Wildman–Crippen MR) is 100 cm³/mol. The molecule has 0 amide bonds. The van der Waals surface area contributed by atoms with Gasteiger partial charge < -0.3 is 19.3 Å². The van der Waals surface area contributed by atoms with Crippen LogP contribution in [-0.2, 0) is 4.79 Å². The molecule has 1 fully saturated rings. The van der Waals surface area contributed by atoms with Crippen molar-refractivity contribution in [2.24, 2.45) is 5.92 Å². The van der Waals surface area contributed by atoms with Crippen molar-refractivity contribution in [3.63, 3.8) is 0 Å². The maximum atomic E-state index is 11.5. The Morgan fingerprint density at radius 3 is 2.54 bits per heavy atom. The van der Waals surface area contributed by atoms with Gasteiger partial charge in [-0.25, -0.2) is 0 Å². The second-order valence-electron chi connectivity index (χ2n) is 6.75. The lowest BCUT2D eigenvalue weighted by Crippen LogP contribution is -2.41. The number of carboxylic acid groups (broad SMARTS) is 1. The minimum absolute atomic E-state index is 0.104. The van der Waals surface area contributed by atoms with Crippen LogP contribution >= 0.6 is 0 Å². The molecule has 146 valence electrons. The maximum Gasteiger partial charge on any atom is 0.307 e. The number of rotatable bonds is 9. The Bertz CT molecular complexity index is 604. The normalized spacial score (nSPS) is 19.0. The van der Waals surface area contributed by atoms with E-state index in [1.807, 2.05) is 12.1 Å². The van der Waals surface area contributed by atoms with Crippen molar-refractivity contribution in [3.8, 4) is 17.2 Å². The van der Waals surface area contributed by atoms with Crippen molar-refractivity contribution in [1.82, 2.24) is 4.90 Å². The second kappa shape index (κ2) is 9.67. The molecule has 26 heavy (non-hydrogen) atoms. The van der Waals surface area contributed by atoms with E-state index >= 15 is 0 Å². The van der Waals surface area contributed by atoms with E-state index in [4.69, 9.17) is 14.2 Å². The number of likely N-dealkylation sites (tertiary alicyclic amines) is 1. The molecule has 0 radical (unpaired) electrons. The van der Waals surface area contributed by atoms with E-state index in [1.54, 1.807) is 21.3 Å². The van der Waals surface area contributed by atoms with Crippen LogP contribution < -0.4 is 14.2 Å². The van der Waals surface area contributed by atoms with Crippen LogP contribution in [0.15, 0.2) is 12.1 Å². The molecular weight excluding hydrogens is 334 g/mol. The Morgan fingerprint density at radius 2 is 1.96 bits per heavy atom. The van der Waals surface area contributed by atoms with Gasteiger partial charge in [0.1, 0.15) is 0 Å². The number of carboxylic acids is 1. The standard InChI is InChI=1S/C20H31NO5/c1-5-6-9-16(21-12-7-8-14(13-21)20(22)23)15-10-11-17(24-2)19(26-4)18(15)25-3/h10-11,14,16H,5-9,12-13H2,1-4H3,(H,22,23). The van der Waals surface area contributed by atoms with Gasteiger partial charge in [0.2, 0.25) is 5.75 Å². The largest absolute Gasteiger partial charge is 0.493 e. The first-order valence-electron chi connectivity index (χ1n) is 9.33. The maximum absolute atomic E-state index is 11.5. The van der Waals surface area contributed by atoms with Crippen molar-refractivity contribution < 1.29 is 24.1 Å². The van der Waals surface area contributed by atoms with Gasteiger partial charge in [-0.05, 0) is 37.9 Å². The predicted octanol–water partition coefficient (Wildman–Crippen LogP) is 3.74. The third-order valence-electron chi connectivity index (χ3n) is 5.17. The van der Waals surface area contributed by atoms with Crippen LogP contribution in [0.5, 0.6) is 17.2 Å². The highest BCUT2D eigenvalue weighted by Gasteiger charge is 2.32. The molecular formula is C20H31NO5. The van der Waals surface area contributed by atoms with Crippen molar-refractivity contribution in [1.29, 1.82) is 0 Å². The second-order valence-corrected chi connectivity index (χ2v) is 6.75. The molecule has 2 atom stereocenters. The zero-order chi connectivity index (χ0) is 19.1. The fourth-order valence-electron chi connectivity index (χ4n) is 3.81. The first kappa shape index (κ1) is 20.4. The number of hydrogen-bond acceptors (Lipinski definition) is 5. The van der Waals surface area contributed by atoms with Crippen LogP contribution in [0.3, 0.4) is 0 Å². The molecule has 1 aliphatic rings. The number of piperidine rings is 1. The molecule has 1 aliphatic heterocycles. The van der Waals surface area contributed by atoms with Crippen LogP contribution in [-0.4, -0.2) is 50.4 Å². The van der Waals surface area contributed by atoms with Crippen molar-refractivity contribution in [2.45, 2.75) is 45.1 Å². The minimum atomic E-state index is -0.705. The molecule has 0 aliphatic carbocycles. The molecule has 6 nitrogen and oxygen atoms in total. The Hall–Kier alpha value is -1.95. The van der Waals surface area contributed by atoms with Crippen LogP contribution in [0.2, 0.25) is 0 Å². The van der Waals surface area contributed by atoms with Crippen molar-refractivity contribution >= 4 is 5.97 Å². The fourth-order valence-corrected chi connectivity index (χ4v) is 3.81. The number of methoxy groups -OCH3 is 3. The summed E-state index contributed by atoms with van der Waals surface area (Å²) in [5, 5.41) is 9.45. The van der Waals surface area contributed by atoms with E-state index in [1.165, 1.54) is 0 Å². The number of carbonyl (C=O) groups is 1. The molecule has 1 saturated heterocycles. The zero-order valence-electron chi connectivity index (χ0n) is 16.3. The third kappa shape index (κ3) is 4.41. The summed E-state index contributed by atoms with van der Waals surface area (Å²) in [6.07, 6.45) is 4.75. The number of unbranched alkanes of at least 4 members (excludes halogenated alkanes) is 1. The van der Waals surface area contributed by atoms with Gasteiger partial charge in [-0.1, -0.05) is 19.8 Å². The molecule has 1 aromatic carbocycles. The first-order chi connectivity index (χ1) is 12.6. The molecule has 2 unspecified atom stereocenters. The number of benzene rings is 1. The smallest absolute Gasteiger partial charge is 0.307 e. The minimum Gasteiger partial charge on any atom is -0.493 e. The molecule has 1 aromatic rings. The van der Waals surface area contributed by atoms with E-state index in [0.29, 0.717) is 23.8 Å². The van der Waals surface area contributed by atoms with Crippen LogP contribution in [0.1, 0.15) is 50.6 Å². The lowest BCUT2D eigenvalue weighted by atomic mass is 9.92. The summed E-state index contributed by atoms with van der Waals surface area (Å²) in [6.45, 7) is 3.63. The summed E-state index contributed by atoms with van der Waals surface area (Å²) >= 11 is 0. The number of hydrogen-bond donors (Lipinski definition) is 1. The Labute approximate surface area is 156 Å². The highest BCUT2D eigenvalue weighted by atomic mass is 16.5. The van der Waals surface area contributed by atoms with Gasteiger partial charge in [-0.2, -0.15) is 0 Å². The fraction of sp³-hybridized carbons (Fsp3) is 0.650. The molecule has 0 spiro atoms. The first-order valence-corrected chi connectivity index (χ1v) is 9.33. The van der Waals surface area contributed by atoms with E-state index < -0.39 is 5.97 Å². The third-order valence-corrected chi connectivity index (χ3v) is 5.17. The highest BCUT2D eigenvalue weighted by molar-refractivity contribution is 5.70. The molecule has 0 aromatic heterocycles. The molecule has 2 rings (SSSR count). The van der Waals surface area contributed by atoms with Crippen LogP contribution in [0.4, 0.5) is 0 Å². The van der Waals surface area contributed by atoms with Gasteiger partial charge in [0.05, 0.1) is 27.2 Å². The van der Waals surface area contributed by atoms with Gasteiger partial charge in [0, 0.05) is 18.2 Å². The number of aliphatic carboxylic acids is 1. The summed E-state index contributed by atoms with van der Waals surface area (Å²) in [4.78, 5) is 13.8. The Kier molecular flexibility index (Phi) is 7.57. The van der Waals surface area contributed by atoms with Gasteiger partial charge in [-0.3, -0.25) is 9.69 Å². The van der Waals surface area contributed by atoms with E-state index in [9.17, 15) is 9.90 Å². The summed E-state index contributed by atoms with van der Waals surface area (Å²) in [6, 6.07) is 4.02. The van der Waals surface area contributed by atoms with Gasteiger partial charge in [0.25, 0.3) is 0 Å². The zero-order valence-corrected chi connectivity index (χ0v) is 16.3. The quantitative estimate of drug-likeness (QED) is 0.719. The molecule has 0 saturated carbocycles. The highest BCUT2D eigenvalue weighted by Crippen LogP contribution is 2.45. The van der Waals surface area contributed by atoms with Crippen LogP contribution in [0.25, 0.3) is 0 Å². The molecule has 6 heteroatoms. The SMILES string of the molecule is CCCCC(c1ccc(OC)c(OC)c1OC)N1CCCC(C(=O)O)C1. The summed E-state index contributed by atoms with van der Waals surface area (Å²) in [7, 11) is 4.84. The van der Waals surface area contributed by atoms with Gasteiger partial charge in [-0.15, -0.1) is 0 Å². The Morgan fingerprint density at radius 1 is 1.23 bits per heavy atom.